The maximum absolute atomic E-state index is 5.25. The van der Waals surface area contributed by atoms with Gasteiger partial charge in [-0.3, -0.25) is 10.9 Å². The molecule has 0 aliphatic heterocycles. The van der Waals surface area contributed by atoms with Crippen LogP contribution in [-0.2, 0) is 6.42 Å². The Kier molecular flexibility index (Phi) is 8.73. The Hall–Kier alpha value is -2.30. The molecule has 0 amide bonds. The zero-order valence-corrected chi connectivity index (χ0v) is 16.5. The quantitative estimate of drug-likeness (QED) is 0.318. The van der Waals surface area contributed by atoms with Gasteiger partial charge in [-0.1, -0.05) is 54.3 Å². The zero-order valence-electron chi connectivity index (χ0n) is 14.1. The van der Waals surface area contributed by atoms with Crippen molar-refractivity contribution in [2.45, 2.75) is 6.42 Å². The van der Waals surface area contributed by atoms with E-state index in [0.29, 0.717) is 21.7 Å². The smallest absolute Gasteiger partial charge is 0.186 e. The molecule has 0 aliphatic carbocycles. The predicted molar refractivity (Wildman–Crippen MR) is 117 cm³/mol. The van der Waals surface area contributed by atoms with E-state index in [1.165, 1.54) is 11.8 Å². The van der Waals surface area contributed by atoms with Gasteiger partial charge in [0.1, 0.15) is 5.71 Å². The van der Waals surface area contributed by atoms with Crippen LogP contribution in [0.1, 0.15) is 11.3 Å². The number of nitrogens with zero attached hydrogens (tertiary/aromatic N) is 3. The first-order valence-electron chi connectivity index (χ1n) is 7.70. The number of nitrogens with one attached hydrogen (secondary N) is 4. The van der Waals surface area contributed by atoms with Crippen LogP contribution >= 0.6 is 36.2 Å². The van der Waals surface area contributed by atoms with Crippen molar-refractivity contribution in [1.82, 2.24) is 26.1 Å². The van der Waals surface area contributed by atoms with Crippen LogP contribution in [0.3, 0.4) is 0 Å². The van der Waals surface area contributed by atoms with Crippen molar-refractivity contribution >= 4 is 57.6 Å². The molecule has 26 heavy (non-hydrogen) atoms. The summed E-state index contributed by atoms with van der Waals surface area (Å²) in [6.45, 7) is 0.669. The van der Waals surface area contributed by atoms with E-state index in [-0.39, 0.29) is 0 Å². The predicted octanol–water partition coefficient (Wildman–Crippen LogP) is 2.04. The van der Waals surface area contributed by atoms with Crippen LogP contribution in [0.2, 0.25) is 0 Å². The van der Waals surface area contributed by atoms with Crippen LogP contribution in [0.5, 0.6) is 0 Å². The van der Waals surface area contributed by atoms with E-state index in [2.05, 4.69) is 36.3 Å². The summed E-state index contributed by atoms with van der Waals surface area (Å²) < 4.78 is 0.581. The molecule has 136 valence electrons. The first-order valence-corrected chi connectivity index (χ1v) is 9.74. The van der Waals surface area contributed by atoms with Gasteiger partial charge in [-0.05, 0) is 18.5 Å². The normalized spacial score (nSPS) is 11.3. The van der Waals surface area contributed by atoms with Crippen molar-refractivity contribution in [3.63, 3.8) is 0 Å². The number of hydrogen-bond acceptors (Lipinski definition) is 6. The maximum Gasteiger partial charge on any atom is 0.186 e. The minimum absolute atomic E-state index is 0.430. The van der Waals surface area contributed by atoms with Crippen LogP contribution in [0.4, 0.5) is 0 Å². The second-order valence-electron chi connectivity index (χ2n) is 4.92. The van der Waals surface area contributed by atoms with Crippen molar-refractivity contribution in [2.24, 2.45) is 10.2 Å². The molecule has 0 radical (unpaired) electrons. The first-order chi connectivity index (χ1) is 12.7. The summed E-state index contributed by atoms with van der Waals surface area (Å²) in [6, 6.07) is 9.68. The number of aromatic nitrogens is 2. The van der Waals surface area contributed by atoms with Crippen molar-refractivity contribution in [1.29, 1.82) is 0 Å². The fourth-order valence-corrected chi connectivity index (χ4v) is 2.20. The number of hydrazone groups is 2. The Labute approximate surface area is 167 Å². The molecule has 0 atom stereocenters. The highest BCUT2D eigenvalue weighted by molar-refractivity contribution is 8.22. The van der Waals surface area contributed by atoms with E-state index >= 15 is 0 Å². The van der Waals surface area contributed by atoms with Gasteiger partial charge in [-0.15, -0.1) is 0 Å². The van der Waals surface area contributed by atoms with Crippen molar-refractivity contribution in [2.75, 3.05) is 12.8 Å². The Bertz CT molecular complexity index is 757. The lowest BCUT2D eigenvalue weighted by atomic mass is 10.1. The number of H-pyrrole nitrogens is 1. The van der Waals surface area contributed by atoms with Gasteiger partial charge in [0.15, 0.2) is 9.43 Å². The minimum Gasteiger partial charge on any atom is -0.361 e. The summed E-state index contributed by atoms with van der Waals surface area (Å²) in [5.74, 6) is 0. The van der Waals surface area contributed by atoms with Gasteiger partial charge in [-0.2, -0.15) is 10.2 Å². The molecule has 1 aromatic heterocycles. The Morgan fingerprint density at radius 3 is 2.77 bits per heavy atom. The average Bonchev–Trinajstić information content (AvgIpc) is 3.18. The number of hydrogen-bond donors (Lipinski definition) is 4. The molecule has 0 saturated carbocycles. The molecule has 1 aromatic carbocycles. The Morgan fingerprint density at radius 1 is 1.27 bits per heavy atom. The van der Waals surface area contributed by atoms with E-state index in [1.807, 2.05) is 36.6 Å². The first kappa shape index (κ1) is 20.0. The number of thioether (sulfide) groups is 1. The molecular formula is C16H19N7S3. The Balaban J connectivity index is 1.93. The molecule has 0 bridgehead atoms. The monoisotopic (exact) mass is 405 g/mol. The topological polar surface area (TPSA) is 89.5 Å². The minimum atomic E-state index is 0.430. The van der Waals surface area contributed by atoms with Crippen molar-refractivity contribution < 1.29 is 0 Å². The van der Waals surface area contributed by atoms with Gasteiger partial charge in [0.25, 0.3) is 0 Å². The van der Waals surface area contributed by atoms with Crippen LogP contribution in [0.25, 0.3) is 0 Å². The fraction of sp³-hybridized carbons (Fsp3) is 0.188. The lowest BCUT2D eigenvalue weighted by Crippen LogP contribution is -2.34. The van der Waals surface area contributed by atoms with E-state index in [0.717, 1.165) is 17.7 Å². The molecule has 10 heteroatoms. The molecule has 0 fully saturated rings. The molecule has 7 nitrogen and oxygen atoms in total. The largest absolute Gasteiger partial charge is 0.361 e. The number of benzene rings is 1. The molecule has 0 spiro atoms. The van der Waals surface area contributed by atoms with Gasteiger partial charge < -0.3 is 10.3 Å². The van der Waals surface area contributed by atoms with Crippen molar-refractivity contribution in [3.8, 4) is 0 Å². The molecule has 0 unspecified atom stereocenters. The van der Waals surface area contributed by atoms with E-state index in [4.69, 9.17) is 24.4 Å². The van der Waals surface area contributed by atoms with Gasteiger partial charge in [0, 0.05) is 30.4 Å². The second kappa shape index (κ2) is 11.3. The standard InChI is InChI=1S/C16H19N7S3/c1-26-16(25)23-20-10-14(12-5-3-2-4-6-12)21-22-15(24)18-8-7-13-9-17-11-19-13/h2-6,9-11H,7-8H2,1H3,(H,17,19)(H,23,25)(H2,18,22,24). The van der Waals surface area contributed by atoms with Crippen LogP contribution in [0, 0.1) is 0 Å². The van der Waals surface area contributed by atoms with E-state index in [1.54, 1.807) is 18.7 Å². The highest BCUT2D eigenvalue weighted by atomic mass is 32.2. The second-order valence-corrected chi connectivity index (χ2v) is 6.81. The third kappa shape index (κ3) is 7.30. The molecule has 0 saturated heterocycles. The Morgan fingerprint density at radius 2 is 2.08 bits per heavy atom. The zero-order chi connectivity index (χ0) is 18.6. The molecule has 2 rings (SSSR count). The molecule has 2 aromatic rings. The number of thiocarbonyl (C=S) groups is 2. The number of imidazole rings is 1. The lowest BCUT2D eigenvalue weighted by molar-refractivity contribution is 0.823. The average molecular weight is 406 g/mol. The van der Waals surface area contributed by atoms with Gasteiger partial charge >= 0.3 is 0 Å². The van der Waals surface area contributed by atoms with E-state index in [9.17, 15) is 0 Å². The highest BCUT2D eigenvalue weighted by Crippen LogP contribution is 2.00. The van der Waals surface area contributed by atoms with Gasteiger partial charge in [0.05, 0.1) is 12.5 Å². The van der Waals surface area contributed by atoms with Crippen LogP contribution in [0.15, 0.2) is 53.1 Å². The van der Waals surface area contributed by atoms with Crippen LogP contribution in [-0.4, -0.2) is 44.1 Å². The lowest BCUT2D eigenvalue weighted by Gasteiger charge is -2.08. The van der Waals surface area contributed by atoms with Crippen molar-refractivity contribution in [3.05, 3.63) is 54.1 Å². The number of aromatic amines is 1. The maximum atomic E-state index is 5.25. The summed E-state index contributed by atoms with van der Waals surface area (Å²) >= 11 is 11.7. The third-order valence-electron chi connectivity index (χ3n) is 3.11. The fourth-order valence-electron chi connectivity index (χ4n) is 1.85. The summed E-state index contributed by atoms with van der Waals surface area (Å²) in [5.41, 5.74) is 8.17. The molecule has 0 aliphatic rings. The summed E-state index contributed by atoms with van der Waals surface area (Å²) in [6.07, 6.45) is 7.70. The van der Waals surface area contributed by atoms with Gasteiger partial charge in [0.2, 0.25) is 0 Å². The molecule has 1 heterocycles. The summed E-state index contributed by atoms with van der Waals surface area (Å²) in [7, 11) is 0. The highest BCUT2D eigenvalue weighted by Gasteiger charge is 2.02. The third-order valence-corrected chi connectivity index (χ3v) is 4.40. The van der Waals surface area contributed by atoms with Crippen LogP contribution < -0.4 is 16.2 Å². The summed E-state index contributed by atoms with van der Waals surface area (Å²) in [5, 5.41) is 12.0. The molecular weight excluding hydrogens is 386 g/mol. The summed E-state index contributed by atoms with van der Waals surface area (Å²) in [4.78, 5) is 7.02. The van der Waals surface area contributed by atoms with Gasteiger partial charge in [-0.25, -0.2) is 4.98 Å². The molecule has 4 N–H and O–H groups in total. The number of rotatable bonds is 7. The SMILES string of the molecule is CSC(=S)NN=CC(=NNC(=S)NCCc1cnc[nH]1)c1ccccc1. The van der Waals surface area contributed by atoms with E-state index < -0.39 is 0 Å².